The van der Waals surface area contributed by atoms with E-state index in [9.17, 15) is 0 Å². The number of rotatable bonds is 1. The molecule has 1 aromatic rings. The lowest BCUT2D eigenvalue weighted by atomic mass is 10.4. The van der Waals surface area contributed by atoms with Crippen molar-refractivity contribution >= 4 is 17.9 Å². The molecular weight excluding hydrogens is 148 g/mol. The van der Waals surface area contributed by atoms with E-state index in [1.54, 1.807) is 6.20 Å². The van der Waals surface area contributed by atoms with Crippen molar-refractivity contribution in [3.8, 4) is 0 Å². The van der Waals surface area contributed by atoms with Gasteiger partial charge in [-0.15, -0.1) is 0 Å². The molecule has 10 heavy (non-hydrogen) atoms. The lowest BCUT2D eigenvalue weighted by Crippen LogP contribution is -1.79. The summed E-state index contributed by atoms with van der Waals surface area (Å²) in [6.07, 6.45) is 5.61. The zero-order valence-electron chi connectivity index (χ0n) is 6.00. The Balaban J connectivity index is 2.98. The molecule has 3 heteroatoms. The minimum atomic E-state index is 0.815. The summed E-state index contributed by atoms with van der Waals surface area (Å²) in [6, 6.07) is 0. The highest BCUT2D eigenvalue weighted by atomic mass is 35.5. The Morgan fingerprint density at radius 3 is 2.80 bits per heavy atom. The molecule has 0 saturated heterocycles. The van der Waals surface area contributed by atoms with E-state index in [0.717, 1.165) is 11.5 Å². The summed E-state index contributed by atoms with van der Waals surface area (Å²) in [4.78, 5) is 4.14. The van der Waals surface area contributed by atoms with Crippen molar-refractivity contribution in [1.29, 1.82) is 0 Å². The van der Waals surface area contributed by atoms with E-state index < -0.39 is 0 Å². The summed E-state index contributed by atoms with van der Waals surface area (Å²) in [6.45, 7) is 3.81. The molecule has 0 fully saturated rings. The number of halogens is 1. The van der Waals surface area contributed by atoms with Gasteiger partial charge < -0.3 is 0 Å². The number of allylic oxidation sites excluding steroid dienone is 1. The van der Waals surface area contributed by atoms with Crippen molar-refractivity contribution < 1.29 is 0 Å². The highest BCUT2D eigenvalue weighted by molar-refractivity contribution is 6.15. The summed E-state index contributed by atoms with van der Waals surface area (Å²) in [5, 5.41) is 0. The number of hydrogen-bond donors (Lipinski definition) is 0. The second-order valence-corrected chi connectivity index (χ2v) is 2.39. The molecule has 0 atom stereocenters. The first-order valence-corrected chi connectivity index (χ1v) is 3.42. The predicted octanol–water partition coefficient (Wildman–Crippen LogP) is 2.23. The fraction of sp³-hybridized carbons (Fsp3) is 0.286. The molecule has 0 radical (unpaired) electrons. The van der Waals surface area contributed by atoms with Gasteiger partial charge in [0.2, 0.25) is 0 Å². The van der Waals surface area contributed by atoms with Gasteiger partial charge in [-0.25, -0.2) is 9.07 Å². The fourth-order valence-corrected chi connectivity index (χ4v) is 0.862. The normalized spacial score (nSPS) is 11.1. The van der Waals surface area contributed by atoms with E-state index in [1.165, 1.54) is 4.09 Å². The third-order valence-corrected chi connectivity index (χ3v) is 1.53. The SMILES string of the molecule is C/C=C/c1cn(Cl)c(C)n1. The van der Waals surface area contributed by atoms with Crippen molar-refractivity contribution in [2.75, 3.05) is 0 Å². The van der Waals surface area contributed by atoms with Crippen LogP contribution in [0.3, 0.4) is 0 Å². The van der Waals surface area contributed by atoms with Gasteiger partial charge >= 0.3 is 0 Å². The molecule has 0 aromatic carbocycles. The van der Waals surface area contributed by atoms with E-state index in [0.29, 0.717) is 0 Å². The maximum absolute atomic E-state index is 5.69. The molecule has 0 amide bonds. The smallest absolute Gasteiger partial charge is 0.121 e. The third-order valence-electron chi connectivity index (χ3n) is 1.18. The van der Waals surface area contributed by atoms with Gasteiger partial charge in [0, 0.05) is 18.0 Å². The van der Waals surface area contributed by atoms with Gasteiger partial charge in [0.05, 0.1) is 5.69 Å². The van der Waals surface area contributed by atoms with Crippen LogP contribution in [-0.4, -0.2) is 9.07 Å². The Morgan fingerprint density at radius 2 is 2.40 bits per heavy atom. The van der Waals surface area contributed by atoms with Crippen LogP contribution in [0.25, 0.3) is 6.08 Å². The van der Waals surface area contributed by atoms with E-state index >= 15 is 0 Å². The molecule has 0 bridgehead atoms. The Labute approximate surface area is 65.3 Å². The molecular formula is C7H9ClN2. The van der Waals surface area contributed by atoms with Crippen LogP contribution in [0.4, 0.5) is 0 Å². The minimum absolute atomic E-state index is 0.815. The second-order valence-electron chi connectivity index (χ2n) is 2.02. The first kappa shape index (κ1) is 7.35. The Hall–Kier alpha value is -0.760. The molecule has 2 nitrogen and oxygen atoms in total. The fourth-order valence-electron chi connectivity index (χ4n) is 0.724. The number of aromatic nitrogens is 2. The third kappa shape index (κ3) is 1.39. The van der Waals surface area contributed by atoms with Crippen molar-refractivity contribution in [2.24, 2.45) is 0 Å². The van der Waals surface area contributed by atoms with Crippen molar-refractivity contribution in [2.45, 2.75) is 13.8 Å². The Kier molecular flexibility index (Phi) is 2.12. The van der Waals surface area contributed by atoms with Crippen molar-refractivity contribution in [1.82, 2.24) is 9.07 Å². The van der Waals surface area contributed by atoms with Gasteiger partial charge in [-0.1, -0.05) is 6.08 Å². The minimum Gasteiger partial charge on any atom is -0.245 e. The molecule has 1 aromatic heterocycles. The first-order valence-electron chi connectivity index (χ1n) is 3.09. The lowest BCUT2D eigenvalue weighted by molar-refractivity contribution is 1.08. The summed E-state index contributed by atoms with van der Waals surface area (Å²) in [5.74, 6) is 0.815. The van der Waals surface area contributed by atoms with Crippen LogP contribution in [0.1, 0.15) is 18.4 Å². The summed E-state index contributed by atoms with van der Waals surface area (Å²) >= 11 is 5.69. The van der Waals surface area contributed by atoms with Gasteiger partial charge in [0.1, 0.15) is 5.82 Å². The van der Waals surface area contributed by atoms with Gasteiger partial charge in [0.15, 0.2) is 0 Å². The number of hydrogen-bond acceptors (Lipinski definition) is 1. The summed E-state index contributed by atoms with van der Waals surface area (Å²) in [5.41, 5.74) is 0.898. The maximum atomic E-state index is 5.69. The van der Waals surface area contributed by atoms with Crippen molar-refractivity contribution in [3.63, 3.8) is 0 Å². The molecule has 1 heterocycles. The molecule has 0 spiro atoms. The van der Waals surface area contributed by atoms with E-state index in [2.05, 4.69) is 4.98 Å². The number of aryl methyl sites for hydroxylation is 1. The Morgan fingerprint density at radius 1 is 1.70 bits per heavy atom. The largest absolute Gasteiger partial charge is 0.245 e. The van der Waals surface area contributed by atoms with Crippen LogP contribution in [0.2, 0.25) is 0 Å². The maximum Gasteiger partial charge on any atom is 0.121 e. The highest BCUT2D eigenvalue weighted by Gasteiger charge is 1.96. The van der Waals surface area contributed by atoms with Crippen LogP contribution in [-0.2, 0) is 0 Å². The second kappa shape index (κ2) is 2.88. The van der Waals surface area contributed by atoms with E-state index in [1.807, 2.05) is 26.0 Å². The van der Waals surface area contributed by atoms with Gasteiger partial charge in [-0.2, -0.15) is 0 Å². The van der Waals surface area contributed by atoms with E-state index in [4.69, 9.17) is 11.8 Å². The van der Waals surface area contributed by atoms with Crippen LogP contribution in [0, 0.1) is 6.92 Å². The van der Waals surface area contributed by atoms with Crippen LogP contribution in [0.5, 0.6) is 0 Å². The van der Waals surface area contributed by atoms with Gasteiger partial charge in [-0.05, 0) is 19.9 Å². The van der Waals surface area contributed by atoms with Gasteiger partial charge in [0.25, 0.3) is 0 Å². The number of imidazole rings is 1. The average Bonchev–Trinajstić information content (AvgIpc) is 2.14. The average molecular weight is 157 g/mol. The number of nitrogens with zero attached hydrogens (tertiary/aromatic N) is 2. The molecule has 0 aliphatic carbocycles. The zero-order chi connectivity index (χ0) is 7.56. The zero-order valence-corrected chi connectivity index (χ0v) is 6.76. The standard InChI is InChI=1S/C7H9ClN2/c1-3-4-7-5-10(8)6(2)9-7/h3-5H,1-2H3/b4-3+. The Bertz CT molecular complexity index is 231. The van der Waals surface area contributed by atoms with Crippen LogP contribution < -0.4 is 0 Å². The highest BCUT2D eigenvalue weighted by Crippen LogP contribution is 2.04. The molecule has 0 aliphatic heterocycles. The molecule has 54 valence electrons. The summed E-state index contributed by atoms with van der Waals surface area (Å²) < 4.78 is 1.48. The van der Waals surface area contributed by atoms with Gasteiger partial charge in [-0.3, -0.25) is 0 Å². The topological polar surface area (TPSA) is 17.8 Å². The monoisotopic (exact) mass is 156 g/mol. The quantitative estimate of drug-likeness (QED) is 0.610. The molecule has 0 unspecified atom stereocenters. The van der Waals surface area contributed by atoms with Crippen molar-refractivity contribution in [3.05, 3.63) is 23.8 Å². The van der Waals surface area contributed by atoms with Crippen LogP contribution in [0.15, 0.2) is 12.3 Å². The molecule has 0 aliphatic rings. The lowest BCUT2D eigenvalue weighted by Gasteiger charge is -1.82. The summed E-state index contributed by atoms with van der Waals surface area (Å²) in [7, 11) is 0. The van der Waals surface area contributed by atoms with E-state index in [-0.39, 0.29) is 0 Å². The molecule has 0 N–H and O–H groups in total. The molecule has 0 saturated carbocycles. The molecule has 1 rings (SSSR count). The first-order chi connectivity index (χ1) is 4.74. The van der Waals surface area contributed by atoms with Crippen LogP contribution >= 0.6 is 11.8 Å². The predicted molar refractivity (Wildman–Crippen MR) is 42.9 cm³/mol.